The molecule has 2 saturated carbocycles. The Morgan fingerprint density at radius 2 is 2.00 bits per heavy atom. The van der Waals surface area contributed by atoms with Crippen molar-refractivity contribution >= 4 is 23.3 Å². The van der Waals surface area contributed by atoms with Crippen molar-refractivity contribution in [2.24, 2.45) is 22.7 Å². The van der Waals surface area contributed by atoms with Gasteiger partial charge in [-0.2, -0.15) is 0 Å². The molecule has 182 valence electrons. The summed E-state index contributed by atoms with van der Waals surface area (Å²) in [6.45, 7) is 3.78. The number of allylic oxidation sites excluding steroid dienone is 1. The largest absolute Gasteiger partial charge is 0.506 e. The summed E-state index contributed by atoms with van der Waals surface area (Å²) < 4.78 is 10.9. The smallest absolute Gasteiger partial charge is 0.341 e. The molecule has 9 nitrogen and oxygen atoms in total. The van der Waals surface area contributed by atoms with Crippen LogP contribution in [-0.4, -0.2) is 57.9 Å². The SMILES string of the molecule is COC(=O)c1ccc(O)c(NC(=O)CC[C@]2(C)C(=O)C=C[C@]34CC5C[C@H](O[C@]5(C)C3O)C42)c1O. The summed E-state index contributed by atoms with van der Waals surface area (Å²) in [5.74, 6) is -2.48. The fourth-order valence-corrected chi connectivity index (χ4v) is 7.15. The minimum Gasteiger partial charge on any atom is -0.506 e. The lowest BCUT2D eigenvalue weighted by molar-refractivity contribution is -0.219. The molecule has 4 N–H and O–H groups in total. The van der Waals surface area contributed by atoms with Crippen molar-refractivity contribution in [2.45, 2.75) is 57.3 Å². The van der Waals surface area contributed by atoms with E-state index in [1.54, 1.807) is 6.08 Å². The summed E-state index contributed by atoms with van der Waals surface area (Å²) in [7, 11) is 1.15. The lowest BCUT2D eigenvalue weighted by Crippen LogP contribution is -2.62. The summed E-state index contributed by atoms with van der Waals surface area (Å²) in [5, 5.41) is 34.2. The first-order valence-corrected chi connectivity index (χ1v) is 11.5. The molecule has 1 spiro atoms. The van der Waals surface area contributed by atoms with Crippen molar-refractivity contribution in [1.82, 2.24) is 0 Å². The number of carbonyl (C=O) groups is 3. The molecule has 1 aromatic carbocycles. The summed E-state index contributed by atoms with van der Waals surface area (Å²) in [6.07, 6.45) is 4.18. The van der Waals surface area contributed by atoms with Crippen LogP contribution in [-0.2, 0) is 19.1 Å². The number of aromatic hydroxyl groups is 2. The van der Waals surface area contributed by atoms with Crippen LogP contribution in [0.15, 0.2) is 24.3 Å². The fourth-order valence-electron chi connectivity index (χ4n) is 7.15. The number of hydrogen-bond donors (Lipinski definition) is 4. The summed E-state index contributed by atoms with van der Waals surface area (Å²) in [5.41, 5.74) is -2.58. The second kappa shape index (κ2) is 7.29. The van der Waals surface area contributed by atoms with Gasteiger partial charge in [0.1, 0.15) is 17.0 Å². The normalized spacial score (nSPS) is 39.2. The molecule has 34 heavy (non-hydrogen) atoms. The number of hydrogen-bond acceptors (Lipinski definition) is 8. The predicted molar refractivity (Wildman–Crippen MR) is 119 cm³/mol. The molecule has 1 amide bonds. The third-order valence-corrected chi connectivity index (χ3v) is 8.83. The Balaban J connectivity index is 1.37. The highest BCUT2D eigenvalue weighted by atomic mass is 16.5. The van der Waals surface area contributed by atoms with Gasteiger partial charge in [-0.05, 0) is 50.3 Å². The Hall–Kier alpha value is -2.91. The van der Waals surface area contributed by atoms with Gasteiger partial charge in [0.15, 0.2) is 11.5 Å². The number of amides is 1. The molecule has 3 aliphatic carbocycles. The van der Waals surface area contributed by atoms with Crippen molar-refractivity contribution in [3.8, 4) is 11.5 Å². The third kappa shape index (κ3) is 2.83. The van der Waals surface area contributed by atoms with Crippen LogP contribution < -0.4 is 5.32 Å². The zero-order chi connectivity index (χ0) is 24.6. The molecule has 4 fully saturated rings. The van der Waals surface area contributed by atoms with Gasteiger partial charge in [0.2, 0.25) is 5.91 Å². The number of benzene rings is 1. The molecule has 2 heterocycles. The number of phenols is 2. The van der Waals surface area contributed by atoms with Gasteiger partial charge in [-0.1, -0.05) is 13.0 Å². The molecule has 9 heteroatoms. The van der Waals surface area contributed by atoms with Gasteiger partial charge in [-0.25, -0.2) is 4.79 Å². The molecule has 2 aliphatic heterocycles. The summed E-state index contributed by atoms with van der Waals surface area (Å²) in [6, 6.07) is 2.36. The predicted octanol–water partition coefficient (Wildman–Crippen LogP) is 2.29. The van der Waals surface area contributed by atoms with Crippen molar-refractivity contribution in [3.63, 3.8) is 0 Å². The van der Waals surface area contributed by atoms with E-state index in [-0.39, 0.29) is 47.8 Å². The quantitative estimate of drug-likeness (QED) is 0.378. The first kappa shape index (κ1) is 22.9. The van der Waals surface area contributed by atoms with E-state index in [1.807, 2.05) is 19.9 Å². The summed E-state index contributed by atoms with van der Waals surface area (Å²) in [4.78, 5) is 37.8. The van der Waals surface area contributed by atoms with Crippen molar-refractivity contribution < 1.29 is 39.2 Å². The molecule has 4 bridgehead atoms. The first-order valence-electron chi connectivity index (χ1n) is 11.5. The van der Waals surface area contributed by atoms with Gasteiger partial charge in [-0.3, -0.25) is 9.59 Å². The number of aliphatic hydroxyl groups is 1. The van der Waals surface area contributed by atoms with Crippen molar-refractivity contribution in [3.05, 3.63) is 29.8 Å². The highest BCUT2D eigenvalue weighted by molar-refractivity contribution is 6.01. The Morgan fingerprint density at radius 1 is 1.26 bits per heavy atom. The van der Waals surface area contributed by atoms with Gasteiger partial charge in [0, 0.05) is 23.2 Å². The number of rotatable bonds is 5. The van der Waals surface area contributed by atoms with Gasteiger partial charge in [0.05, 0.1) is 24.9 Å². The zero-order valence-electron chi connectivity index (χ0n) is 19.3. The highest BCUT2D eigenvalue weighted by Crippen LogP contribution is 2.71. The second-order valence-corrected chi connectivity index (χ2v) is 10.5. The molecule has 0 aromatic heterocycles. The van der Waals surface area contributed by atoms with E-state index in [0.717, 1.165) is 20.0 Å². The van der Waals surface area contributed by atoms with E-state index in [0.29, 0.717) is 0 Å². The maximum absolute atomic E-state index is 13.1. The molecule has 0 radical (unpaired) electrons. The van der Waals surface area contributed by atoms with Gasteiger partial charge in [0.25, 0.3) is 0 Å². The molecule has 3 unspecified atom stereocenters. The molecule has 7 atom stereocenters. The van der Waals surface area contributed by atoms with E-state index in [9.17, 15) is 29.7 Å². The van der Waals surface area contributed by atoms with E-state index in [4.69, 9.17) is 4.74 Å². The van der Waals surface area contributed by atoms with E-state index >= 15 is 0 Å². The van der Waals surface area contributed by atoms with Crippen LogP contribution in [0.2, 0.25) is 0 Å². The number of anilines is 1. The number of ether oxygens (including phenoxy) is 2. The maximum atomic E-state index is 13.1. The van der Waals surface area contributed by atoms with Crippen LogP contribution in [0.1, 0.15) is 49.9 Å². The number of phenolic OH excluding ortho intramolecular Hbond substituents is 2. The minimum atomic E-state index is -0.924. The van der Waals surface area contributed by atoms with Crippen LogP contribution in [0.5, 0.6) is 11.5 Å². The third-order valence-electron chi connectivity index (χ3n) is 8.83. The maximum Gasteiger partial charge on any atom is 0.341 e. The molecular formula is C25H29NO8. The summed E-state index contributed by atoms with van der Waals surface area (Å²) >= 11 is 0. The Morgan fingerprint density at radius 3 is 2.68 bits per heavy atom. The Labute approximate surface area is 196 Å². The van der Waals surface area contributed by atoms with Crippen molar-refractivity contribution in [1.29, 1.82) is 0 Å². The van der Waals surface area contributed by atoms with Gasteiger partial charge < -0.3 is 30.1 Å². The second-order valence-electron chi connectivity index (χ2n) is 10.5. The van der Waals surface area contributed by atoms with E-state index < -0.39 is 45.9 Å². The fraction of sp³-hybridized carbons (Fsp3) is 0.560. The Kier molecular flexibility index (Phi) is 4.90. The number of ketones is 1. The van der Waals surface area contributed by atoms with Crippen LogP contribution in [0.4, 0.5) is 5.69 Å². The van der Waals surface area contributed by atoms with Crippen LogP contribution in [0, 0.1) is 22.7 Å². The van der Waals surface area contributed by atoms with Crippen LogP contribution >= 0.6 is 0 Å². The molecule has 2 saturated heterocycles. The van der Waals surface area contributed by atoms with Gasteiger partial charge in [-0.15, -0.1) is 0 Å². The topological polar surface area (TPSA) is 142 Å². The monoisotopic (exact) mass is 471 g/mol. The molecule has 1 aromatic rings. The lowest BCUT2D eigenvalue weighted by Gasteiger charge is -2.57. The Bertz CT molecular complexity index is 1130. The minimum absolute atomic E-state index is 0.0759. The number of carbonyl (C=O) groups excluding carboxylic acids is 3. The van der Waals surface area contributed by atoms with Crippen LogP contribution in [0.25, 0.3) is 0 Å². The highest BCUT2D eigenvalue weighted by Gasteiger charge is 2.76. The first-order chi connectivity index (χ1) is 16.0. The average molecular weight is 472 g/mol. The number of nitrogens with one attached hydrogen (secondary N) is 1. The zero-order valence-corrected chi connectivity index (χ0v) is 19.3. The number of esters is 1. The van der Waals surface area contributed by atoms with E-state index in [2.05, 4.69) is 10.1 Å². The number of methoxy groups -OCH3 is 1. The molecule has 5 aliphatic rings. The van der Waals surface area contributed by atoms with Gasteiger partial charge >= 0.3 is 5.97 Å². The average Bonchev–Trinajstić information content (AvgIpc) is 3.14. The standard InChI is InChI=1S/C25H29NO8/c1-23(8-7-17(29)26-18-14(27)5-4-13(19(18)30)21(31)33-3)16(28)6-9-25-11-12-10-15(20(23)25)34-24(12,2)22(25)32/h4-6,9,12,15,20,22,27,30,32H,7-8,10-11H2,1-3H3,(H,26,29)/t12?,15-,20?,22?,23+,24-,25+/m0/s1. The number of aliphatic hydroxyl groups excluding tert-OH is 1. The lowest BCUT2D eigenvalue weighted by atomic mass is 9.50. The molecule has 6 rings (SSSR count). The van der Waals surface area contributed by atoms with Crippen molar-refractivity contribution in [2.75, 3.05) is 12.4 Å². The van der Waals surface area contributed by atoms with E-state index in [1.165, 1.54) is 12.1 Å². The molecular weight excluding hydrogens is 442 g/mol. The van der Waals surface area contributed by atoms with Crippen LogP contribution in [0.3, 0.4) is 0 Å².